The Bertz CT molecular complexity index is 298. The maximum absolute atomic E-state index is 11.7. The van der Waals surface area contributed by atoms with E-state index in [2.05, 4.69) is 9.72 Å². The average molecular weight is 225 g/mol. The number of oxazole rings is 1. The van der Waals surface area contributed by atoms with Crippen molar-refractivity contribution in [2.75, 3.05) is 13.2 Å². The molecule has 0 saturated heterocycles. The van der Waals surface area contributed by atoms with Gasteiger partial charge in [0.05, 0.1) is 13.2 Å². The van der Waals surface area contributed by atoms with E-state index in [0.29, 0.717) is 11.5 Å². The topological polar surface area (TPSA) is 55.5 Å². The largest absolute Gasteiger partial charge is 0.448 e. The molecule has 0 saturated carbocycles. The first-order chi connectivity index (χ1) is 7.03. The highest BCUT2D eigenvalue weighted by molar-refractivity contribution is 5.05. The molecule has 0 radical (unpaired) electrons. The molecule has 0 aromatic carbocycles. The van der Waals surface area contributed by atoms with Crippen molar-refractivity contribution >= 4 is 0 Å². The van der Waals surface area contributed by atoms with Gasteiger partial charge in [0.15, 0.2) is 6.39 Å². The third kappa shape index (κ3) is 4.30. The molecule has 0 aliphatic heterocycles. The zero-order valence-electron chi connectivity index (χ0n) is 7.75. The number of aromatic nitrogens is 1. The van der Waals surface area contributed by atoms with Gasteiger partial charge in [0.25, 0.3) is 0 Å². The highest BCUT2D eigenvalue weighted by Gasteiger charge is 2.27. The van der Waals surface area contributed by atoms with E-state index >= 15 is 0 Å². The molecule has 1 rings (SSSR count). The first-order valence-electron chi connectivity index (χ1n) is 4.19. The van der Waals surface area contributed by atoms with Crippen molar-refractivity contribution in [2.45, 2.75) is 19.2 Å². The molecule has 0 fully saturated rings. The molecule has 1 N–H and O–H groups in total. The Balaban J connectivity index is 2.26. The van der Waals surface area contributed by atoms with Gasteiger partial charge in [-0.1, -0.05) is 0 Å². The van der Waals surface area contributed by atoms with Crippen LogP contribution < -0.4 is 0 Å². The van der Waals surface area contributed by atoms with Crippen molar-refractivity contribution in [1.82, 2.24) is 4.98 Å². The van der Waals surface area contributed by atoms with Gasteiger partial charge >= 0.3 is 6.18 Å². The number of aliphatic hydroxyl groups is 1. The molecule has 15 heavy (non-hydrogen) atoms. The standard InChI is InChI=1S/C8H10F3NO3/c9-8(10,11)4-14-2-1-7-6(3-13)12-5-15-7/h5,13H,1-4H2. The normalized spacial score (nSPS) is 12.0. The fourth-order valence-corrected chi connectivity index (χ4v) is 0.979. The molecular weight excluding hydrogens is 215 g/mol. The first kappa shape index (κ1) is 12.0. The fraction of sp³-hybridized carbons (Fsp3) is 0.625. The van der Waals surface area contributed by atoms with Crippen molar-refractivity contribution in [1.29, 1.82) is 0 Å². The predicted octanol–water partition coefficient (Wildman–Crippen LogP) is 1.29. The molecular formula is C8H10F3NO3. The Morgan fingerprint density at radius 2 is 2.20 bits per heavy atom. The van der Waals surface area contributed by atoms with Crippen LogP contribution in [0, 0.1) is 0 Å². The van der Waals surface area contributed by atoms with E-state index in [0.717, 1.165) is 6.39 Å². The second kappa shape index (κ2) is 5.13. The van der Waals surface area contributed by atoms with Crippen LogP contribution in [0.1, 0.15) is 11.5 Å². The minimum absolute atomic E-state index is 0.123. The van der Waals surface area contributed by atoms with Crippen LogP contribution in [0.3, 0.4) is 0 Å². The van der Waals surface area contributed by atoms with Gasteiger partial charge < -0.3 is 14.3 Å². The Kier molecular flexibility index (Phi) is 4.10. The number of hydrogen-bond donors (Lipinski definition) is 1. The third-order valence-corrected chi connectivity index (χ3v) is 1.61. The average Bonchev–Trinajstić information content (AvgIpc) is 2.58. The lowest BCUT2D eigenvalue weighted by Gasteiger charge is -2.06. The molecule has 86 valence electrons. The molecule has 0 aliphatic rings. The number of ether oxygens (including phenoxy) is 1. The lowest BCUT2D eigenvalue weighted by molar-refractivity contribution is -0.173. The van der Waals surface area contributed by atoms with E-state index in [1.807, 2.05) is 0 Å². The second-order valence-electron chi connectivity index (χ2n) is 2.80. The van der Waals surface area contributed by atoms with Gasteiger partial charge in [0.2, 0.25) is 0 Å². The smallest absolute Gasteiger partial charge is 0.411 e. The molecule has 0 aliphatic carbocycles. The summed E-state index contributed by atoms with van der Waals surface area (Å²) in [6, 6.07) is 0. The number of hydrogen-bond acceptors (Lipinski definition) is 4. The Morgan fingerprint density at radius 1 is 1.47 bits per heavy atom. The Hall–Kier alpha value is -1.08. The van der Waals surface area contributed by atoms with E-state index < -0.39 is 12.8 Å². The van der Waals surface area contributed by atoms with Crippen molar-refractivity contribution in [2.24, 2.45) is 0 Å². The maximum atomic E-state index is 11.7. The SMILES string of the molecule is OCc1ncoc1CCOCC(F)(F)F. The minimum atomic E-state index is -4.32. The Morgan fingerprint density at radius 3 is 2.80 bits per heavy atom. The van der Waals surface area contributed by atoms with Crippen LogP contribution in [0.25, 0.3) is 0 Å². The van der Waals surface area contributed by atoms with Crippen molar-refractivity contribution in [3.63, 3.8) is 0 Å². The predicted molar refractivity (Wildman–Crippen MR) is 43.0 cm³/mol. The zero-order chi connectivity index (χ0) is 11.3. The van der Waals surface area contributed by atoms with Gasteiger partial charge in [0.1, 0.15) is 18.1 Å². The Labute approximate surface area is 83.7 Å². The van der Waals surface area contributed by atoms with Gasteiger partial charge in [-0.3, -0.25) is 0 Å². The summed E-state index contributed by atoms with van der Waals surface area (Å²) in [7, 11) is 0. The van der Waals surface area contributed by atoms with Gasteiger partial charge in [-0.05, 0) is 0 Å². The van der Waals surface area contributed by atoms with Crippen molar-refractivity contribution < 1.29 is 27.4 Å². The number of rotatable bonds is 5. The van der Waals surface area contributed by atoms with E-state index in [1.54, 1.807) is 0 Å². The molecule has 0 spiro atoms. The van der Waals surface area contributed by atoms with Crippen LogP contribution in [-0.4, -0.2) is 29.5 Å². The summed E-state index contributed by atoms with van der Waals surface area (Å²) in [4.78, 5) is 3.67. The molecule has 1 aromatic rings. The summed E-state index contributed by atoms with van der Waals surface area (Å²) in [5.74, 6) is 0.347. The van der Waals surface area contributed by atoms with E-state index in [4.69, 9.17) is 9.52 Å². The van der Waals surface area contributed by atoms with E-state index in [1.165, 1.54) is 0 Å². The first-order valence-corrected chi connectivity index (χ1v) is 4.19. The number of halogens is 3. The molecule has 4 nitrogen and oxygen atoms in total. The molecule has 0 bridgehead atoms. The van der Waals surface area contributed by atoms with Crippen LogP contribution in [0.2, 0.25) is 0 Å². The molecule has 0 unspecified atom stereocenters. The van der Waals surface area contributed by atoms with Crippen LogP contribution >= 0.6 is 0 Å². The third-order valence-electron chi connectivity index (χ3n) is 1.61. The van der Waals surface area contributed by atoms with Crippen LogP contribution in [0.4, 0.5) is 13.2 Å². The zero-order valence-corrected chi connectivity index (χ0v) is 7.75. The summed E-state index contributed by atoms with van der Waals surface area (Å²) >= 11 is 0. The second-order valence-corrected chi connectivity index (χ2v) is 2.80. The summed E-state index contributed by atoms with van der Waals surface area (Å²) in [5.41, 5.74) is 0.325. The fourth-order valence-electron chi connectivity index (χ4n) is 0.979. The lowest BCUT2D eigenvalue weighted by atomic mass is 10.3. The lowest BCUT2D eigenvalue weighted by Crippen LogP contribution is -2.18. The highest BCUT2D eigenvalue weighted by Crippen LogP contribution is 2.15. The summed E-state index contributed by atoms with van der Waals surface area (Å²) < 4.78 is 44.2. The van der Waals surface area contributed by atoms with Crippen molar-refractivity contribution in [3.8, 4) is 0 Å². The quantitative estimate of drug-likeness (QED) is 0.767. The van der Waals surface area contributed by atoms with Crippen LogP contribution in [-0.2, 0) is 17.8 Å². The summed E-state index contributed by atoms with van der Waals surface area (Å²) in [5, 5.41) is 8.75. The van der Waals surface area contributed by atoms with Gasteiger partial charge in [-0.2, -0.15) is 13.2 Å². The minimum Gasteiger partial charge on any atom is -0.448 e. The van der Waals surface area contributed by atoms with Gasteiger partial charge in [0, 0.05) is 6.42 Å². The number of alkyl halides is 3. The molecule has 1 heterocycles. The van der Waals surface area contributed by atoms with Gasteiger partial charge in [-0.15, -0.1) is 0 Å². The maximum Gasteiger partial charge on any atom is 0.411 e. The monoisotopic (exact) mass is 225 g/mol. The number of nitrogens with zero attached hydrogens (tertiary/aromatic N) is 1. The highest BCUT2D eigenvalue weighted by atomic mass is 19.4. The summed E-state index contributed by atoms with van der Waals surface area (Å²) in [6.07, 6.45) is -3.03. The van der Waals surface area contributed by atoms with E-state index in [-0.39, 0.29) is 19.6 Å². The molecule has 0 amide bonds. The molecule has 1 aromatic heterocycles. The van der Waals surface area contributed by atoms with Crippen molar-refractivity contribution in [3.05, 3.63) is 17.8 Å². The van der Waals surface area contributed by atoms with E-state index in [9.17, 15) is 13.2 Å². The van der Waals surface area contributed by atoms with Crippen LogP contribution in [0.5, 0.6) is 0 Å². The summed E-state index contributed by atoms with van der Waals surface area (Å²) in [6.45, 7) is -1.71. The number of aliphatic hydroxyl groups excluding tert-OH is 1. The molecule has 7 heteroatoms. The molecule has 0 atom stereocenters. The van der Waals surface area contributed by atoms with Crippen LogP contribution in [0.15, 0.2) is 10.8 Å². The van der Waals surface area contributed by atoms with Gasteiger partial charge in [-0.25, -0.2) is 4.98 Å².